The molecule has 1 saturated heterocycles. The Morgan fingerprint density at radius 1 is 1.27 bits per heavy atom. The highest BCUT2D eigenvalue weighted by molar-refractivity contribution is 6.31. The zero-order valence-electron chi connectivity index (χ0n) is 16.7. The van der Waals surface area contributed by atoms with Crippen LogP contribution in [0.25, 0.3) is 0 Å². The molecule has 0 unspecified atom stereocenters. The highest BCUT2D eigenvalue weighted by atomic mass is 35.5. The molecule has 0 bridgehead atoms. The Morgan fingerprint density at radius 3 is 2.80 bits per heavy atom. The fourth-order valence-electron chi connectivity index (χ4n) is 3.59. The number of carbonyl (C=O) groups is 1. The van der Waals surface area contributed by atoms with E-state index in [4.69, 9.17) is 21.8 Å². The van der Waals surface area contributed by atoms with Crippen LogP contribution in [0.5, 0.6) is 0 Å². The summed E-state index contributed by atoms with van der Waals surface area (Å²) in [7, 11) is 1.66. The Hall–Kier alpha value is -3.13. The summed E-state index contributed by atoms with van der Waals surface area (Å²) < 4.78 is 5.87. The molecule has 0 spiro atoms. The van der Waals surface area contributed by atoms with Gasteiger partial charge in [0, 0.05) is 43.0 Å². The third-order valence-electron chi connectivity index (χ3n) is 5.26. The number of nitrogen functional groups attached to an aromatic ring is 1. The smallest absolute Gasteiger partial charge is 0.256 e. The van der Waals surface area contributed by atoms with Crippen molar-refractivity contribution >= 4 is 29.0 Å². The van der Waals surface area contributed by atoms with E-state index in [0.29, 0.717) is 28.1 Å². The topological polar surface area (TPSA) is 101 Å². The van der Waals surface area contributed by atoms with E-state index in [2.05, 4.69) is 20.1 Å². The van der Waals surface area contributed by atoms with Gasteiger partial charge in [0.15, 0.2) is 0 Å². The van der Waals surface area contributed by atoms with Crippen LogP contribution in [0.2, 0.25) is 5.02 Å². The Labute approximate surface area is 179 Å². The second-order valence-electron chi connectivity index (χ2n) is 7.38. The summed E-state index contributed by atoms with van der Waals surface area (Å²) in [6.45, 7) is 1.96. The molecule has 3 aromatic rings. The first kappa shape index (κ1) is 20.2. The van der Waals surface area contributed by atoms with Gasteiger partial charge in [-0.2, -0.15) is 0 Å². The van der Waals surface area contributed by atoms with Crippen LogP contribution >= 0.6 is 11.6 Å². The van der Waals surface area contributed by atoms with Crippen molar-refractivity contribution in [2.45, 2.75) is 25.3 Å². The molecule has 2 aromatic heterocycles. The molecule has 0 radical (unpaired) electrons. The number of amides is 1. The molecule has 0 saturated carbocycles. The number of hydrogen-bond donors (Lipinski definition) is 1. The average molecular weight is 427 g/mol. The number of aromatic nitrogens is 3. The van der Waals surface area contributed by atoms with Crippen LogP contribution < -0.4 is 10.6 Å². The molecule has 0 atom stereocenters. The second-order valence-corrected chi connectivity index (χ2v) is 7.81. The molecule has 0 aliphatic carbocycles. The van der Waals surface area contributed by atoms with Crippen molar-refractivity contribution in [1.82, 2.24) is 20.1 Å². The van der Waals surface area contributed by atoms with Crippen molar-refractivity contribution in [1.29, 1.82) is 0 Å². The van der Waals surface area contributed by atoms with Crippen LogP contribution in [0.1, 0.15) is 40.9 Å². The maximum atomic E-state index is 12.7. The number of benzene rings is 1. The minimum atomic E-state index is -0.251. The summed E-state index contributed by atoms with van der Waals surface area (Å²) in [5, 5.41) is 8.81. The van der Waals surface area contributed by atoms with Crippen LogP contribution in [-0.4, -0.2) is 46.1 Å². The van der Waals surface area contributed by atoms with Gasteiger partial charge in [-0.25, -0.2) is 4.98 Å². The van der Waals surface area contributed by atoms with Gasteiger partial charge in [-0.05, 0) is 43.2 Å². The van der Waals surface area contributed by atoms with Crippen LogP contribution in [-0.2, 0) is 6.54 Å². The van der Waals surface area contributed by atoms with Crippen molar-refractivity contribution in [2.24, 2.45) is 0 Å². The van der Waals surface area contributed by atoms with Gasteiger partial charge in [-0.15, -0.1) is 10.2 Å². The molecule has 9 heteroatoms. The Kier molecular flexibility index (Phi) is 5.85. The highest BCUT2D eigenvalue weighted by Gasteiger charge is 2.26. The number of rotatable bonds is 5. The van der Waals surface area contributed by atoms with Crippen molar-refractivity contribution in [2.75, 3.05) is 30.8 Å². The molecule has 4 rings (SSSR count). The molecule has 2 N–H and O–H groups in total. The van der Waals surface area contributed by atoms with Crippen LogP contribution in [0, 0.1) is 0 Å². The summed E-state index contributed by atoms with van der Waals surface area (Å²) in [6, 6.07) is 10.8. The first-order valence-corrected chi connectivity index (χ1v) is 10.2. The number of halogens is 1. The molecule has 8 nitrogen and oxygen atoms in total. The molecule has 1 aliphatic heterocycles. The minimum Gasteiger partial charge on any atom is -0.423 e. The normalized spacial score (nSPS) is 14.7. The van der Waals surface area contributed by atoms with Gasteiger partial charge >= 0.3 is 0 Å². The molecule has 1 amide bonds. The molecular formula is C21H23ClN6O2. The highest BCUT2D eigenvalue weighted by Crippen LogP contribution is 2.29. The molecule has 30 heavy (non-hydrogen) atoms. The van der Waals surface area contributed by atoms with E-state index in [0.717, 1.165) is 31.7 Å². The SMILES string of the molecule is CN(Cc1nnc(C2CCN(c3ccccn3)CC2)o1)C(=O)c1cc(Cl)ccc1N. The van der Waals surface area contributed by atoms with Crippen LogP contribution in [0.15, 0.2) is 47.0 Å². The summed E-state index contributed by atoms with van der Waals surface area (Å²) in [4.78, 5) is 20.8. The van der Waals surface area contributed by atoms with E-state index in [9.17, 15) is 4.79 Å². The first-order chi connectivity index (χ1) is 14.5. The summed E-state index contributed by atoms with van der Waals surface area (Å²) in [5.41, 5.74) is 6.64. The lowest BCUT2D eigenvalue weighted by atomic mass is 9.97. The van der Waals surface area contributed by atoms with E-state index in [-0.39, 0.29) is 18.4 Å². The summed E-state index contributed by atoms with van der Waals surface area (Å²) in [5.74, 6) is 1.96. The molecule has 1 fully saturated rings. The zero-order valence-corrected chi connectivity index (χ0v) is 17.4. The largest absolute Gasteiger partial charge is 0.423 e. The summed E-state index contributed by atoms with van der Waals surface area (Å²) >= 11 is 5.99. The van der Waals surface area contributed by atoms with Gasteiger partial charge in [0.05, 0.1) is 12.1 Å². The number of hydrogen-bond acceptors (Lipinski definition) is 7. The molecular weight excluding hydrogens is 404 g/mol. The number of nitrogens with two attached hydrogens (primary N) is 1. The molecule has 156 valence electrons. The van der Waals surface area contributed by atoms with Gasteiger partial charge < -0.3 is 20.0 Å². The van der Waals surface area contributed by atoms with Crippen LogP contribution in [0.3, 0.4) is 0 Å². The number of piperidine rings is 1. The monoisotopic (exact) mass is 426 g/mol. The number of anilines is 2. The van der Waals surface area contributed by atoms with E-state index in [1.165, 1.54) is 4.90 Å². The standard InChI is InChI=1S/C21H23ClN6O2/c1-27(21(29)16-12-15(22)5-6-17(16)23)13-19-25-26-20(30-19)14-7-10-28(11-8-14)18-4-2-3-9-24-18/h2-6,9,12,14H,7-8,10-11,13,23H2,1H3. The number of nitrogens with zero attached hydrogens (tertiary/aromatic N) is 5. The van der Waals surface area contributed by atoms with E-state index >= 15 is 0 Å². The Bertz CT molecular complexity index is 1020. The van der Waals surface area contributed by atoms with E-state index in [1.54, 1.807) is 31.4 Å². The first-order valence-electron chi connectivity index (χ1n) is 9.80. The maximum Gasteiger partial charge on any atom is 0.256 e. The fraction of sp³-hybridized carbons (Fsp3) is 0.333. The number of carbonyl (C=O) groups excluding carboxylic acids is 1. The van der Waals surface area contributed by atoms with E-state index in [1.807, 2.05) is 18.2 Å². The van der Waals surface area contributed by atoms with E-state index < -0.39 is 0 Å². The van der Waals surface area contributed by atoms with Gasteiger partial charge in [-0.3, -0.25) is 4.79 Å². The molecule has 1 aromatic carbocycles. The van der Waals surface area contributed by atoms with Gasteiger partial charge in [0.1, 0.15) is 5.82 Å². The minimum absolute atomic E-state index is 0.199. The van der Waals surface area contributed by atoms with Crippen molar-refractivity contribution in [3.63, 3.8) is 0 Å². The molecule has 1 aliphatic rings. The van der Waals surface area contributed by atoms with Gasteiger partial charge in [0.2, 0.25) is 11.8 Å². The quantitative estimate of drug-likeness (QED) is 0.624. The predicted octanol–water partition coefficient (Wildman–Crippen LogP) is 3.36. The second kappa shape index (κ2) is 8.71. The van der Waals surface area contributed by atoms with Gasteiger partial charge in [-0.1, -0.05) is 17.7 Å². The molecule has 3 heterocycles. The predicted molar refractivity (Wildman–Crippen MR) is 114 cm³/mol. The third-order valence-corrected chi connectivity index (χ3v) is 5.50. The van der Waals surface area contributed by atoms with Crippen molar-refractivity contribution in [3.8, 4) is 0 Å². The lowest BCUT2D eigenvalue weighted by Gasteiger charge is -2.31. The maximum absolute atomic E-state index is 12.7. The van der Waals surface area contributed by atoms with Crippen molar-refractivity contribution in [3.05, 3.63) is 65.0 Å². The van der Waals surface area contributed by atoms with Crippen molar-refractivity contribution < 1.29 is 9.21 Å². The summed E-state index contributed by atoms with van der Waals surface area (Å²) in [6.07, 6.45) is 3.62. The zero-order chi connectivity index (χ0) is 21.1. The average Bonchev–Trinajstić information content (AvgIpc) is 3.24. The van der Waals surface area contributed by atoms with Crippen LogP contribution in [0.4, 0.5) is 11.5 Å². The van der Waals surface area contributed by atoms with Gasteiger partial charge in [0.25, 0.3) is 5.91 Å². The Morgan fingerprint density at radius 2 is 2.07 bits per heavy atom. The third kappa shape index (κ3) is 4.38. The Balaban J connectivity index is 1.36. The fourth-order valence-corrected chi connectivity index (χ4v) is 3.76. The lowest BCUT2D eigenvalue weighted by molar-refractivity contribution is 0.0773. The lowest BCUT2D eigenvalue weighted by Crippen LogP contribution is -2.33. The number of pyridine rings is 1.